The Kier molecular flexibility index (Phi) is 3.92. The molecule has 2 aromatic carbocycles. The van der Waals surface area contributed by atoms with Gasteiger partial charge in [0.1, 0.15) is 6.10 Å². The normalized spacial score (nSPS) is 12.6. The fourth-order valence-electron chi connectivity index (χ4n) is 2.26. The summed E-state index contributed by atoms with van der Waals surface area (Å²) >= 11 is 8.25. The second-order valence-electron chi connectivity index (χ2n) is 4.49. The molecule has 0 fully saturated rings. The Morgan fingerprint density at radius 3 is 2.75 bits per heavy atom. The zero-order chi connectivity index (χ0) is 14.1. The van der Waals surface area contributed by atoms with Crippen molar-refractivity contribution in [2.24, 2.45) is 0 Å². The lowest BCUT2D eigenvalue weighted by Gasteiger charge is -2.15. The fourth-order valence-corrected chi connectivity index (χ4v) is 3.07. The molecule has 0 aliphatic carbocycles. The van der Waals surface area contributed by atoms with Gasteiger partial charge < -0.3 is 5.11 Å². The molecule has 0 aliphatic heterocycles. The van der Waals surface area contributed by atoms with Crippen LogP contribution < -0.4 is 0 Å². The molecule has 1 heterocycles. The van der Waals surface area contributed by atoms with E-state index in [0.29, 0.717) is 5.02 Å². The van der Waals surface area contributed by atoms with Gasteiger partial charge in [-0.25, -0.2) is 0 Å². The summed E-state index contributed by atoms with van der Waals surface area (Å²) in [6.45, 7) is 0. The van der Waals surface area contributed by atoms with Gasteiger partial charge in [0.15, 0.2) is 0 Å². The van der Waals surface area contributed by atoms with Crippen molar-refractivity contribution in [1.29, 1.82) is 0 Å². The molecule has 4 heteroatoms. The van der Waals surface area contributed by atoms with Crippen LogP contribution in [0, 0.1) is 3.57 Å². The topological polar surface area (TPSA) is 33.1 Å². The first-order chi connectivity index (χ1) is 9.66. The zero-order valence-electron chi connectivity index (χ0n) is 10.4. The van der Waals surface area contributed by atoms with E-state index in [2.05, 4.69) is 27.6 Å². The third kappa shape index (κ3) is 2.53. The fraction of sp³-hybridized carbons (Fsp3) is 0.0625. The summed E-state index contributed by atoms with van der Waals surface area (Å²) in [5.41, 5.74) is 2.53. The molecular weight excluding hydrogens is 385 g/mol. The van der Waals surface area contributed by atoms with Crippen molar-refractivity contribution in [3.05, 3.63) is 74.4 Å². The Morgan fingerprint density at radius 2 is 1.90 bits per heavy atom. The van der Waals surface area contributed by atoms with Gasteiger partial charge in [-0.05, 0) is 64.0 Å². The summed E-state index contributed by atoms with van der Waals surface area (Å²) in [5, 5.41) is 12.3. The summed E-state index contributed by atoms with van der Waals surface area (Å²) in [6, 6.07) is 15.2. The van der Waals surface area contributed by atoms with E-state index in [0.717, 1.165) is 25.6 Å². The molecular formula is C16H11ClINO. The molecule has 0 radical (unpaired) electrons. The molecule has 3 aromatic rings. The minimum Gasteiger partial charge on any atom is -0.384 e. The van der Waals surface area contributed by atoms with Crippen LogP contribution in [-0.2, 0) is 0 Å². The lowest BCUT2D eigenvalue weighted by atomic mass is 9.98. The Hall–Kier alpha value is -1.17. The first kappa shape index (κ1) is 13.8. The quantitative estimate of drug-likeness (QED) is 0.645. The highest BCUT2D eigenvalue weighted by atomic mass is 127. The first-order valence-electron chi connectivity index (χ1n) is 6.13. The van der Waals surface area contributed by atoms with Crippen molar-refractivity contribution in [3.63, 3.8) is 0 Å². The maximum atomic E-state index is 10.7. The van der Waals surface area contributed by atoms with Crippen molar-refractivity contribution in [1.82, 2.24) is 4.98 Å². The molecule has 1 aromatic heterocycles. The van der Waals surface area contributed by atoms with Gasteiger partial charge in [-0.2, -0.15) is 0 Å². The molecule has 0 aliphatic rings. The highest BCUT2D eigenvalue weighted by Crippen LogP contribution is 2.32. The highest BCUT2D eigenvalue weighted by Gasteiger charge is 2.16. The van der Waals surface area contributed by atoms with Crippen molar-refractivity contribution in [3.8, 4) is 0 Å². The molecule has 20 heavy (non-hydrogen) atoms. The number of rotatable bonds is 2. The number of hydrogen-bond acceptors (Lipinski definition) is 2. The van der Waals surface area contributed by atoms with Crippen LogP contribution in [0.3, 0.4) is 0 Å². The average Bonchev–Trinajstić information content (AvgIpc) is 2.48. The van der Waals surface area contributed by atoms with E-state index < -0.39 is 6.10 Å². The standard InChI is InChI=1S/C16H11ClINO/c17-10-6-7-14(18)13(9-10)16(20)12-3-1-5-15-11(12)4-2-8-19-15/h1-9,16,20H. The molecule has 0 saturated carbocycles. The molecule has 0 spiro atoms. The molecule has 1 unspecified atom stereocenters. The maximum absolute atomic E-state index is 10.7. The van der Waals surface area contributed by atoms with Gasteiger partial charge in [-0.3, -0.25) is 4.98 Å². The molecule has 0 saturated heterocycles. The van der Waals surface area contributed by atoms with Gasteiger partial charge >= 0.3 is 0 Å². The van der Waals surface area contributed by atoms with Crippen LogP contribution in [-0.4, -0.2) is 10.1 Å². The third-order valence-electron chi connectivity index (χ3n) is 3.23. The molecule has 100 valence electrons. The molecule has 0 bridgehead atoms. The van der Waals surface area contributed by atoms with E-state index >= 15 is 0 Å². The number of pyridine rings is 1. The van der Waals surface area contributed by atoms with Crippen LogP contribution in [0.4, 0.5) is 0 Å². The maximum Gasteiger partial charge on any atom is 0.106 e. The van der Waals surface area contributed by atoms with Gasteiger partial charge in [0.05, 0.1) is 5.52 Å². The molecule has 0 amide bonds. The molecule has 1 N–H and O–H groups in total. The Labute approximate surface area is 135 Å². The summed E-state index contributed by atoms with van der Waals surface area (Å²) in [7, 11) is 0. The summed E-state index contributed by atoms with van der Waals surface area (Å²) in [6.07, 6.45) is 1.04. The van der Waals surface area contributed by atoms with E-state index in [-0.39, 0.29) is 0 Å². The van der Waals surface area contributed by atoms with E-state index in [4.69, 9.17) is 11.6 Å². The number of benzene rings is 2. The summed E-state index contributed by atoms with van der Waals surface area (Å²) in [4.78, 5) is 4.32. The van der Waals surface area contributed by atoms with Gasteiger partial charge in [0.2, 0.25) is 0 Å². The summed E-state index contributed by atoms with van der Waals surface area (Å²) < 4.78 is 0.986. The van der Waals surface area contributed by atoms with E-state index in [1.54, 1.807) is 6.20 Å². The number of halogens is 2. The van der Waals surface area contributed by atoms with Crippen LogP contribution in [0.15, 0.2) is 54.7 Å². The Morgan fingerprint density at radius 1 is 1.05 bits per heavy atom. The van der Waals surface area contributed by atoms with E-state index in [9.17, 15) is 5.11 Å². The van der Waals surface area contributed by atoms with Crippen LogP contribution in [0.1, 0.15) is 17.2 Å². The highest BCUT2D eigenvalue weighted by molar-refractivity contribution is 14.1. The lowest BCUT2D eigenvalue weighted by Crippen LogP contribution is -2.03. The monoisotopic (exact) mass is 395 g/mol. The second kappa shape index (κ2) is 5.68. The molecule has 2 nitrogen and oxygen atoms in total. The van der Waals surface area contributed by atoms with Crippen LogP contribution in [0.2, 0.25) is 5.02 Å². The minimum atomic E-state index is -0.714. The Bertz CT molecular complexity index is 770. The number of aromatic nitrogens is 1. The second-order valence-corrected chi connectivity index (χ2v) is 6.08. The van der Waals surface area contributed by atoms with E-state index in [1.165, 1.54) is 0 Å². The zero-order valence-corrected chi connectivity index (χ0v) is 13.3. The Balaban J connectivity index is 2.17. The van der Waals surface area contributed by atoms with Crippen molar-refractivity contribution < 1.29 is 5.11 Å². The predicted octanol–water partition coefficient (Wildman–Crippen LogP) is 4.57. The lowest BCUT2D eigenvalue weighted by molar-refractivity contribution is 0.221. The average molecular weight is 396 g/mol. The third-order valence-corrected chi connectivity index (χ3v) is 4.44. The van der Waals surface area contributed by atoms with Crippen LogP contribution >= 0.6 is 34.2 Å². The SMILES string of the molecule is OC(c1cc(Cl)ccc1I)c1cccc2ncccc12. The van der Waals surface area contributed by atoms with Crippen LogP contribution in [0.25, 0.3) is 10.9 Å². The smallest absolute Gasteiger partial charge is 0.106 e. The first-order valence-corrected chi connectivity index (χ1v) is 7.59. The number of aliphatic hydroxyl groups excluding tert-OH is 1. The van der Waals surface area contributed by atoms with Gasteiger partial charge in [0.25, 0.3) is 0 Å². The molecule has 1 atom stereocenters. The number of nitrogens with zero attached hydrogens (tertiary/aromatic N) is 1. The largest absolute Gasteiger partial charge is 0.384 e. The van der Waals surface area contributed by atoms with Gasteiger partial charge in [0, 0.05) is 20.2 Å². The van der Waals surface area contributed by atoms with Crippen LogP contribution in [0.5, 0.6) is 0 Å². The molecule has 3 rings (SSSR count). The van der Waals surface area contributed by atoms with Crippen molar-refractivity contribution in [2.45, 2.75) is 6.10 Å². The van der Waals surface area contributed by atoms with E-state index in [1.807, 2.05) is 48.5 Å². The van der Waals surface area contributed by atoms with Gasteiger partial charge in [-0.15, -0.1) is 0 Å². The van der Waals surface area contributed by atoms with Crippen molar-refractivity contribution in [2.75, 3.05) is 0 Å². The predicted molar refractivity (Wildman–Crippen MR) is 90.0 cm³/mol. The number of aliphatic hydroxyl groups is 1. The van der Waals surface area contributed by atoms with Gasteiger partial charge in [-0.1, -0.05) is 29.8 Å². The number of fused-ring (bicyclic) bond motifs is 1. The summed E-state index contributed by atoms with van der Waals surface area (Å²) in [5.74, 6) is 0. The van der Waals surface area contributed by atoms with Crippen molar-refractivity contribution >= 4 is 45.1 Å². The number of hydrogen-bond donors (Lipinski definition) is 1. The minimum absolute atomic E-state index is 0.623.